The lowest BCUT2D eigenvalue weighted by Crippen LogP contribution is -2.25. The summed E-state index contributed by atoms with van der Waals surface area (Å²) >= 11 is 2.24. The number of unbranched alkanes of at least 4 members (excludes halogenated alkanes) is 1. The van der Waals surface area contributed by atoms with Gasteiger partial charge in [0, 0.05) is 6.54 Å². The van der Waals surface area contributed by atoms with Crippen LogP contribution in [0, 0.1) is 11.6 Å². The minimum Gasteiger partial charge on any atom is -0.352 e. The van der Waals surface area contributed by atoms with Crippen molar-refractivity contribution in [2.24, 2.45) is 0 Å². The van der Waals surface area contributed by atoms with Crippen LogP contribution >= 0.6 is 22.6 Å². The van der Waals surface area contributed by atoms with Gasteiger partial charge < -0.3 is 5.32 Å². The highest BCUT2D eigenvalue weighted by Crippen LogP contribution is 2.10. The molecule has 0 unspecified atom stereocenters. The normalized spacial score (nSPS) is 10.2. The molecule has 0 saturated heterocycles. The van der Waals surface area contributed by atoms with Gasteiger partial charge in [0.15, 0.2) is 11.6 Å². The summed E-state index contributed by atoms with van der Waals surface area (Å²) in [7, 11) is 0. The van der Waals surface area contributed by atoms with Gasteiger partial charge in [0.05, 0.1) is 5.56 Å². The quantitative estimate of drug-likeness (QED) is 0.499. The van der Waals surface area contributed by atoms with E-state index in [1.165, 1.54) is 12.1 Å². The second-order valence-electron chi connectivity index (χ2n) is 3.25. The number of alkyl halides is 1. The molecule has 1 N–H and O–H groups in total. The Hall–Kier alpha value is -0.720. The highest BCUT2D eigenvalue weighted by Gasteiger charge is 2.13. The van der Waals surface area contributed by atoms with E-state index in [2.05, 4.69) is 27.9 Å². The van der Waals surface area contributed by atoms with Crippen molar-refractivity contribution in [3.8, 4) is 0 Å². The summed E-state index contributed by atoms with van der Waals surface area (Å²) in [5, 5.41) is 2.55. The first-order valence-corrected chi connectivity index (χ1v) is 6.47. The average Bonchev–Trinajstić information content (AvgIpc) is 2.28. The number of hydrogen-bond acceptors (Lipinski definition) is 1. The number of benzene rings is 1. The topological polar surface area (TPSA) is 29.1 Å². The molecule has 0 radical (unpaired) electrons. The van der Waals surface area contributed by atoms with E-state index < -0.39 is 17.5 Å². The smallest absolute Gasteiger partial charge is 0.254 e. The molecule has 0 aliphatic rings. The van der Waals surface area contributed by atoms with E-state index in [0.29, 0.717) is 6.54 Å². The number of rotatable bonds is 5. The van der Waals surface area contributed by atoms with Crippen molar-refractivity contribution < 1.29 is 13.6 Å². The van der Waals surface area contributed by atoms with E-state index >= 15 is 0 Å². The van der Waals surface area contributed by atoms with E-state index in [1.807, 2.05) is 0 Å². The van der Waals surface area contributed by atoms with Crippen molar-refractivity contribution in [3.05, 3.63) is 35.4 Å². The van der Waals surface area contributed by atoms with Crippen molar-refractivity contribution in [2.75, 3.05) is 11.0 Å². The zero-order valence-corrected chi connectivity index (χ0v) is 10.8. The Balaban J connectivity index is 2.56. The summed E-state index contributed by atoms with van der Waals surface area (Å²) in [5.74, 6) is -2.65. The number of hydrogen-bond donors (Lipinski definition) is 1. The predicted molar refractivity (Wildman–Crippen MR) is 66.8 cm³/mol. The lowest BCUT2D eigenvalue weighted by Gasteiger charge is -2.05. The third-order valence-corrected chi connectivity index (χ3v) is 2.80. The first-order chi connectivity index (χ1) is 7.66. The lowest BCUT2D eigenvalue weighted by molar-refractivity contribution is 0.0948. The van der Waals surface area contributed by atoms with Crippen LogP contribution in [-0.2, 0) is 0 Å². The van der Waals surface area contributed by atoms with Crippen LogP contribution in [0.1, 0.15) is 23.2 Å². The number of carbonyl (C=O) groups is 1. The summed E-state index contributed by atoms with van der Waals surface area (Å²) in [6.07, 6.45) is 1.83. The molecule has 0 spiro atoms. The van der Waals surface area contributed by atoms with E-state index in [1.54, 1.807) is 0 Å². The Morgan fingerprint density at radius 2 is 2.06 bits per heavy atom. The Morgan fingerprint density at radius 1 is 1.31 bits per heavy atom. The van der Waals surface area contributed by atoms with Gasteiger partial charge in [-0.25, -0.2) is 8.78 Å². The fraction of sp³-hybridized carbons (Fsp3) is 0.364. The molecule has 0 fully saturated rings. The molecule has 0 saturated carbocycles. The summed E-state index contributed by atoms with van der Waals surface area (Å²) in [6.45, 7) is 0.484. The van der Waals surface area contributed by atoms with Crippen LogP contribution in [-0.4, -0.2) is 16.9 Å². The molecule has 1 rings (SSSR count). The van der Waals surface area contributed by atoms with Crippen molar-refractivity contribution in [3.63, 3.8) is 0 Å². The molecule has 1 aromatic rings. The molecule has 2 nitrogen and oxygen atoms in total. The molecule has 0 aliphatic carbocycles. The highest BCUT2D eigenvalue weighted by atomic mass is 127. The third kappa shape index (κ3) is 3.70. The van der Waals surface area contributed by atoms with Crippen LogP contribution in [0.25, 0.3) is 0 Å². The highest BCUT2D eigenvalue weighted by molar-refractivity contribution is 14.1. The molecule has 0 aromatic heterocycles. The predicted octanol–water partition coefficient (Wildman–Crippen LogP) is 2.91. The molecule has 0 aliphatic heterocycles. The molecule has 0 atom stereocenters. The SMILES string of the molecule is O=C(NCCCCI)c1cccc(F)c1F. The van der Waals surface area contributed by atoms with Gasteiger partial charge in [-0.15, -0.1) is 0 Å². The summed E-state index contributed by atoms with van der Waals surface area (Å²) < 4.78 is 27.0. The maximum Gasteiger partial charge on any atom is 0.254 e. The fourth-order valence-electron chi connectivity index (χ4n) is 1.20. The van der Waals surface area contributed by atoms with Crippen LogP contribution in [0.5, 0.6) is 0 Å². The number of nitrogens with one attached hydrogen (secondary N) is 1. The zero-order valence-electron chi connectivity index (χ0n) is 8.60. The van der Waals surface area contributed by atoms with Gasteiger partial charge in [-0.3, -0.25) is 4.79 Å². The van der Waals surface area contributed by atoms with Gasteiger partial charge in [-0.05, 0) is 29.4 Å². The van der Waals surface area contributed by atoms with Gasteiger partial charge in [-0.2, -0.15) is 0 Å². The van der Waals surface area contributed by atoms with E-state index in [4.69, 9.17) is 0 Å². The first kappa shape index (κ1) is 13.3. The van der Waals surface area contributed by atoms with Crippen molar-refractivity contribution in [2.45, 2.75) is 12.8 Å². The summed E-state index contributed by atoms with van der Waals surface area (Å²) in [5.41, 5.74) is -0.241. The molecule has 1 amide bonds. The average molecular weight is 339 g/mol. The molecular formula is C11H12F2INO. The first-order valence-electron chi connectivity index (χ1n) is 4.95. The molecular weight excluding hydrogens is 327 g/mol. The van der Waals surface area contributed by atoms with Crippen LogP contribution in [0.3, 0.4) is 0 Å². The lowest BCUT2D eigenvalue weighted by atomic mass is 10.2. The van der Waals surface area contributed by atoms with Crippen LogP contribution in [0.15, 0.2) is 18.2 Å². The fourth-order valence-corrected chi connectivity index (χ4v) is 1.74. The second kappa shape index (κ2) is 6.78. The number of carbonyl (C=O) groups excluding carboxylic acids is 1. The third-order valence-electron chi connectivity index (χ3n) is 2.04. The Labute approximate surface area is 107 Å². The van der Waals surface area contributed by atoms with Gasteiger partial charge in [0.2, 0.25) is 0 Å². The molecule has 88 valence electrons. The molecule has 1 aromatic carbocycles. The number of amides is 1. The maximum atomic E-state index is 13.2. The molecule has 5 heteroatoms. The molecule has 0 heterocycles. The largest absolute Gasteiger partial charge is 0.352 e. The van der Waals surface area contributed by atoms with Gasteiger partial charge in [-0.1, -0.05) is 28.7 Å². The van der Waals surface area contributed by atoms with Crippen molar-refractivity contribution in [1.82, 2.24) is 5.32 Å². The Morgan fingerprint density at radius 3 is 2.75 bits per heavy atom. The van der Waals surface area contributed by atoms with Crippen molar-refractivity contribution >= 4 is 28.5 Å². The van der Waals surface area contributed by atoms with Crippen LogP contribution in [0.2, 0.25) is 0 Å². The van der Waals surface area contributed by atoms with Crippen LogP contribution < -0.4 is 5.32 Å². The maximum absolute atomic E-state index is 13.2. The second-order valence-corrected chi connectivity index (χ2v) is 4.33. The minimum absolute atomic E-state index is 0.241. The van der Waals surface area contributed by atoms with Gasteiger partial charge in [0.1, 0.15) is 0 Å². The Bertz CT molecular complexity index is 371. The minimum atomic E-state index is -1.09. The molecule has 16 heavy (non-hydrogen) atoms. The molecule has 0 bridgehead atoms. The Kier molecular flexibility index (Phi) is 5.65. The van der Waals surface area contributed by atoms with Gasteiger partial charge >= 0.3 is 0 Å². The summed E-state index contributed by atoms with van der Waals surface area (Å²) in [6, 6.07) is 3.58. The standard InChI is InChI=1S/C11H12F2INO/c12-9-5-3-4-8(10(9)13)11(16)15-7-2-1-6-14/h3-5H,1-2,6-7H2,(H,15,16). The monoisotopic (exact) mass is 339 g/mol. The van der Waals surface area contributed by atoms with Crippen molar-refractivity contribution in [1.29, 1.82) is 0 Å². The van der Waals surface area contributed by atoms with E-state index in [-0.39, 0.29) is 5.56 Å². The van der Waals surface area contributed by atoms with E-state index in [9.17, 15) is 13.6 Å². The zero-order chi connectivity index (χ0) is 12.0. The summed E-state index contributed by atoms with van der Waals surface area (Å²) in [4.78, 5) is 11.5. The van der Waals surface area contributed by atoms with E-state index in [0.717, 1.165) is 23.3 Å². The van der Waals surface area contributed by atoms with Gasteiger partial charge in [0.25, 0.3) is 5.91 Å². The van der Waals surface area contributed by atoms with Crippen LogP contribution in [0.4, 0.5) is 8.78 Å². The number of halogens is 3.